The average molecular weight is 1580 g/mol. The van der Waals surface area contributed by atoms with Crippen molar-refractivity contribution in [2.24, 2.45) is 0 Å². The van der Waals surface area contributed by atoms with Crippen LogP contribution in [0.5, 0.6) is 0 Å². The van der Waals surface area contributed by atoms with Crippen molar-refractivity contribution < 1.29 is 4.42 Å². The zero-order chi connectivity index (χ0) is 79.1. The minimum absolute atomic E-state index is 0.680. The van der Waals surface area contributed by atoms with Gasteiger partial charge in [-0.3, -0.25) is 0 Å². The van der Waals surface area contributed by atoms with E-state index < -0.39 is 0 Å². The summed E-state index contributed by atoms with van der Waals surface area (Å²) in [5.41, 5.74) is 26.8. The quantitative estimate of drug-likeness (QED) is 0.120. The molecule has 0 unspecified atom stereocenters. The molecule has 24 rings (SSSR count). The van der Waals surface area contributed by atoms with E-state index >= 15 is 0 Å². The molecule has 0 aliphatic rings. The molecule has 0 N–H and O–H groups in total. The summed E-state index contributed by atoms with van der Waals surface area (Å²) < 4.78 is 13.7. The highest BCUT2D eigenvalue weighted by Gasteiger charge is 2.23. The second kappa shape index (κ2) is 29.6. The molecule has 10 heteroatoms. The smallest absolute Gasteiger partial charge is 0.160 e. The monoisotopic (exact) mass is 1580 g/mol. The molecule has 0 saturated heterocycles. The molecular weight excluding hydrogens is 1520 g/mol. The number of fused-ring (bicyclic) bond motifs is 16. The van der Waals surface area contributed by atoms with Gasteiger partial charge in [0.2, 0.25) is 0 Å². The van der Waals surface area contributed by atoms with Gasteiger partial charge in [-0.05, 0) is 111 Å². The van der Waals surface area contributed by atoms with Gasteiger partial charge in [-0.15, -0.1) is 34.0 Å². The predicted molar refractivity (Wildman–Crippen MR) is 506 cm³/mol. The third kappa shape index (κ3) is 12.6. The molecule has 8 aromatic heterocycles. The van der Waals surface area contributed by atoms with Crippen LogP contribution in [0, 0.1) is 0 Å². The van der Waals surface area contributed by atoms with E-state index in [9.17, 15) is 0 Å². The van der Waals surface area contributed by atoms with Crippen LogP contribution < -0.4 is 0 Å². The Morgan fingerprint density at radius 2 is 0.550 bits per heavy atom. The van der Waals surface area contributed by atoms with Gasteiger partial charge in [-0.2, -0.15) is 0 Å². The Kier molecular flexibility index (Phi) is 17.4. The normalized spacial score (nSPS) is 11.7. The van der Waals surface area contributed by atoms with Crippen LogP contribution in [-0.4, -0.2) is 29.9 Å². The first-order valence-corrected chi connectivity index (χ1v) is 42.6. The Balaban J connectivity index is 0.000000140. The van der Waals surface area contributed by atoms with Gasteiger partial charge in [-0.1, -0.05) is 334 Å². The lowest BCUT2D eigenvalue weighted by Gasteiger charge is -2.12. The second-order valence-corrected chi connectivity index (χ2v) is 33.4. The van der Waals surface area contributed by atoms with Gasteiger partial charge in [0.1, 0.15) is 11.2 Å². The van der Waals surface area contributed by atoms with Crippen LogP contribution >= 0.6 is 34.0 Å². The molecule has 8 heterocycles. The first-order valence-electron chi connectivity index (χ1n) is 40.2. The molecule has 0 spiro atoms. The molecule has 0 atom stereocenters. The summed E-state index contributed by atoms with van der Waals surface area (Å²) in [6.07, 6.45) is 0. The van der Waals surface area contributed by atoms with Crippen LogP contribution in [0.2, 0.25) is 0 Å². The maximum atomic E-state index is 6.19. The third-order valence-corrected chi connectivity index (χ3v) is 26.6. The molecule has 7 nitrogen and oxygen atoms in total. The molecule has 0 saturated carbocycles. The molecule has 0 fully saturated rings. The zero-order valence-corrected chi connectivity index (χ0v) is 66.9. The number of hydrogen-bond acceptors (Lipinski definition) is 10. The van der Waals surface area contributed by atoms with E-state index in [4.69, 9.17) is 34.3 Å². The molecule has 0 radical (unpaired) electrons. The number of furan rings is 1. The Morgan fingerprint density at radius 1 is 0.183 bits per heavy atom. The largest absolute Gasteiger partial charge is 0.456 e. The molecule has 0 aliphatic heterocycles. The van der Waals surface area contributed by atoms with Gasteiger partial charge >= 0.3 is 0 Å². The number of thiophene rings is 3. The molecule has 0 bridgehead atoms. The average Bonchev–Trinajstić information content (AvgIpc) is 1.55. The molecule has 0 amide bonds. The van der Waals surface area contributed by atoms with E-state index in [1.54, 1.807) is 11.3 Å². The van der Waals surface area contributed by atoms with Crippen molar-refractivity contribution in [2.45, 2.75) is 0 Å². The van der Waals surface area contributed by atoms with Crippen molar-refractivity contribution >= 4 is 138 Å². The fourth-order valence-electron chi connectivity index (χ4n) is 17.2. The van der Waals surface area contributed by atoms with Crippen LogP contribution in [0.1, 0.15) is 0 Å². The number of pyridine rings is 2. The van der Waals surface area contributed by atoms with Crippen molar-refractivity contribution in [2.75, 3.05) is 0 Å². The topological polar surface area (TPSA) is 90.5 Å². The SMILES string of the molecule is c1ccc(-c2cc(-c3ccccc3)nc(-c3ccc(-c4nc5cc(-c6ccc(-c7cccc8oc9ccccc9c78)cc6)ccc5c5c4sc4ccccc45)cc3)n2)cc1.c1ccc(-c2cc(-c3ccccc3)nc(-c3cccc(-c4nc5cc(-c6cccc(-c7cccc8c7sc7ccccc78)c6)ccc5c5c4sc4ccccc45)c3)n2)cc1. The number of hydrogen-bond donors (Lipinski definition) is 0. The van der Waals surface area contributed by atoms with Gasteiger partial charge in [-0.25, -0.2) is 29.9 Å². The molecule has 0 aliphatic carbocycles. The van der Waals surface area contributed by atoms with Gasteiger partial charge in [0, 0.05) is 117 Å². The highest BCUT2D eigenvalue weighted by molar-refractivity contribution is 7.27. The number of benzene rings is 16. The standard InChI is InChI=1S/C55H33N3OS.C55H33N3S2/c1-3-12-36(13-4-1)45-33-46(37-14-5-2-6-15-37)58-55(57-45)39-28-26-38(27-29-39)53-54-52(44-17-8-10-21-50(44)60-54)42-31-30-40(32-47(42)56-53)34-22-24-35(25-23-34)41-18-11-20-49-51(41)43-16-7-9-19-48(43)59-49;1-3-14-34(15-4-1)46-33-47(35-16-5-2-6-17-35)58-55(57-46)40-21-12-20-39(31-40)52-54-51(45-23-8-10-27-50(45)60-54)44-29-28-37(32-48(44)56-52)36-18-11-19-38(30-36)41-24-13-25-43-42-22-7-9-26-49(42)59-53(41)43/h2*1-33H. The van der Waals surface area contributed by atoms with Gasteiger partial charge in [0.15, 0.2) is 11.6 Å². The maximum Gasteiger partial charge on any atom is 0.160 e. The number of aromatic nitrogens is 6. The zero-order valence-electron chi connectivity index (χ0n) is 64.4. The van der Waals surface area contributed by atoms with Crippen LogP contribution in [0.15, 0.2) is 405 Å². The van der Waals surface area contributed by atoms with Crippen molar-refractivity contribution in [1.29, 1.82) is 0 Å². The minimum atomic E-state index is 0.680. The van der Waals surface area contributed by atoms with Crippen LogP contribution in [0.25, 0.3) is 239 Å². The fourth-order valence-corrected chi connectivity index (χ4v) is 20.9. The molecule has 24 aromatic rings. The molecule has 16 aromatic carbocycles. The number of rotatable bonds is 12. The van der Waals surface area contributed by atoms with Crippen LogP contribution in [-0.2, 0) is 0 Å². The summed E-state index contributed by atoms with van der Waals surface area (Å²) in [6.45, 7) is 0. The van der Waals surface area contributed by atoms with Crippen LogP contribution in [0.4, 0.5) is 0 Å². The first kappa shape index (κ1) is 70.4. The Hall–Kier alpha value is -15.0. The molecule has 120 heavy (non-hydrogen) atoms. The van der Waals surface area contributed by atoms with Gasteiger partial charge < -0.3 is 4.42 Å². The Labute approximate surface area is 702 Å². The van der Waals surface area contributed by atoms with E-state index in [0.29, 0.717) is 11.6 Å². The van der Waals surface area contributed by atoms with Crippen molar-refractivity contribution in [1.82, 2.24) is 29.9 Å². The molecular formula is C110H66N6OS3. The minimum Gasteiger partial charge on any atom is -0.456 e. The lowest BCUT2D eigenvalue weighted by molar-refractivity contribution is 0.669. The van der Waals surface area contributed by atoms with Crippen molar-refractivity contribution in [3.8, 4) is 135 Å². The first-order chi connectivity index (χ1) is 59.4. The summed E-state index contributed by atoms with van der Waals surface area (Å²) >= 11 is 5.49. The van der Waals surface area contributed by atoms with E-state index in [-0.39, 0.29) is 0 Å². The number of para-hydroxylation sites is 1. The summed E-state index contributed by atoms with van der Waals surface area (Å²) in [4.78, 5) is 31.5. The molecule has 560 valence electrons. The van der Waals surface area contributed by atoms with Crippen molar-refractivity contribution in [3.05, 3.63) is 400 Å². The Morgan fingerprint density at radius 3 is 1.12 bits per heavy atom. The summed E-state index contributed by atoms with van der Waals surface area (Å²) in [5.74, 6) is 1.37. The Bertz CT molecular complexity index is 8030. The third-order valence-electron chi connectivity index (χ3n) is 23.0. The summed E-state index contributed by atoms with van der Waals surface area (Å²) in [6, 6.07) is 141. The van der Waals surface area contributed by atoms with E-state index in [2.05, 4.69) is 334 Å². The van der Waals surface area contributed by atoms with Gasteiger partial charge in [0.05, 0.1) is 54.6 Å². The van der Waals surface area contributed by atoms with E-state index in [0.717, 1.165) is 150 Å². The lowest BCUT2D eigenvalue weighted by Crippen LogP contribution is -1.96. The maximum absolute atomic E-state index is 6.19. The highest BCUT2D eigenvalue weighted by atomic mass is 32.1. The van der Waals surface area contributed by atoms with Crippen molar-refractivity contribution in [3.63, 3.8) is 0 Å². The lowest BCUT2D eigenvalue weighted by atomic mass is 9.96. The van der Waals surface area contributed by atoms with E-state index in [1.165, 1.54) is 77.2 Å². The summed E-state index contributed by atoms with van der Waals surface area (Å²) in [5, 5.41) is 12.2. The fraction of sp³-hybridized carbons (Fsp3) is 0. The predicted octanol–water partition coefficient (Wildman–Crippen LogP) is 31.1. The summed E-state index contributed by atoms with van der Waals surface area (Å²) in [7, 11) is 0. The van der Waals surface area contributed by atoms with Crippen LogP contribution in [0.3, 0.4) is 0 Å². The number of nitrogens with zero attached hydrogens (tertiary/aromatic N) is 6. The second-order valence-electron chi connectivity index (χ2n) is 30.3. The van der Waals surface area contributed by atoms with E-state index in [1.807, 2.05) is 89.4 Å². The van der Waals surface area contributed by atoms with Gasteiger partial charge in [0.25, 0.3) is 0 Å². The highest BCUT2D eigenvalue weighted by Crippen LogP contribution is 2.48.